The summed E-state index contributed by atoms with van der Waals surface area (Å²) >= 11 is 0. The third kappa shape index (κ3) is 8.02. The number of imidazole rings is 1. The molecule has 4 nitrogen and oxygen atoms in total. The molecule has 52 heavy (non-hydrogen) atoms. The van der Waals surface area contributed by atoms with E-state index in [-0.39, 0.29) is 25.7 Å². The average Bonchev–Trinajstić information content (AvgIpc) is 3.76. The number of rotatable bonds is 8. The molecule has 263 valence electrons. The number of furan rings is 1. The number of aromatic nitrogens is 3. The summed E-state index contributed by atoms with van der Waals surface area (Å²) in [5.41, 5.74) is 12.4. The van der Waals surface area contributed by atoms with E-state index in [2.05, 4.69) is 141 Å². The van der Waals surface area contributed by atoms with Crippen LogP contribution in [-0.4, -0.2) is 14.5 Å². The Balaban J connectivity index is 0.000000254. The van der Waals surface area contributed by atoms with Crippen LogP contribution in [0.25, 0.3) is 44.6 Å². The molecule has 8 aromatic rings. The van der Waals surface area contributed by atoms with Gasteiger partial charge in [-0.2, -0.15) is 0 Å². The zero-order valence-electron chi connectivity index (χ0n) is 32.9. The van der Waals surface area contributed by atoms with Gasteiger partial charge in [0.15, 0.2) is 0 Å². The first-order valence-electron chi connectivity index (χ1n) is 19.0. The second-order valence-corrected chi connectivity index (χ2v) is 13.5. The molecule has 0 fully saturated rings. The predicted octanol–water partition coefficient (Wildman–Crippen LogP) is 12.0. The van der Waals surface area contributed by atoms with Gasteiger partial charge in [-0.05, 0) is 70.8 Å². The Hall–Kier alpha value is -5.09. The smallest absolute Gasteiger partial charge is 0.0770 e. The van der Waals surface area contributed by atoms with Gasteiger partial charge in [0, 0.05) is 48.8 Å². The average molecular weight is 861 g/mol. The first-order valence-corrected chi connectivity index (χ1v) is 17.5. The molecule has 0 aliphatic heterocycles. The summed E-state index contributed by atoms with van der Waals surface area (Å²) in [4.78, 5) is 9.26. The van der Waals surface area contributed by atoms with Crippen molar-refractivity contribution in [2.45, 2.75) is 59.3 Å². The van der Waals surface area contributed by atoms with Crippen LogP contribution in [0.1, 0.15) is 77.0 Å². The van der Waals surface area contributed by atoms with Crippen LogP contribution in [0.5, 0.6) is 0 Å². The fourth-order valence-electron chi connectivity index (χ4n) is 6.71. The monoisotopic (exact) mass is 861 g/mol. The molecule has 3 aromatic heterocycles. The quantitative estimate of drug-likeness (QED) is 0.143. The zero-order chi connectivity index (χ0) is 37.8. The molecule has 1 radical (unpaired) electrons. The standard InChI is InChI=1S/C35H33N2O.C12H10N.Ir/c1-23(2)27-13-10-14-28(24(3)4)30(27)21-37-33-16-9-8-15-32(33)36-35(37)31-22-38-34-18-17-26(20-29(31)34)19-25-11-6-5-7-12-25;1-10-7-8-12(13-9-10)11-5-3-2-4-6-11;/h5-18,20,23-24H,19,21H2,1-4H3;2-5,7-9H,1H3;/q2*-1;/i;1D3;. The molecule has 5 aromatic carbocycles. The third-order valence-corrected chi connectivity index (χ3v) is 9.26. The molecule has 0 aliphatic carbocycles. The van der Waals surface area contributed by atoms with Gasteiger partial charge in [-0.3, -0.25) is 4.98 Å². The largest absolute Gasteiger partial charge is 0.557 e. The van der Waals surface area contributed by atoms with Gasteiger partial charge in [0.05, 0.1) is 16.9 Å². The molecule has 0 unspecified atom stereocenters. The van der Waals surface area contributed by atoms with E-state index in [1.807, 2.05) is 18.2 Å². The van der Waals surface area contributed by atoms with E-state index in [1.165, 1.54) is 34.0 Å². The van der Waals surface area contributed by atoms with E-state index in [0.717, 1.165) is 57.6 Å². The molecule has 0 bridgehead atoms. The Morgan fingerprint density at radius 1 is 0.769 bits per heavy atom. The molecule has 0 atom stereocenters. The topological polar surface area (TPSA) is 43.9 Å². The van der Waals surface area contributed by atoms with Crippen molar-refractivity contribution >= 4 is 22.0 Å². The maximum absolute atomic E-state index is 7.23. The Bertz CT molecular complexity index is 2460. The number of nitrogens with zero attached hydrogens (tertiary/aromatic N) is 3. The van der Waals surface area contributed by atoms with Gasteiger partial charge in [0.2, 0.25) is 0 Å². The van der Waals surface area contributed by atoms with Crippen molar-refractivity contribution in [3.8, 4) is 22.6 Å². The first-order chi connectivity index (χ1) is 26.1. The number of pyridine rings is 1. The van der Waals surface area contributed by atoms with Crippen molar-refractivity contribution < 1.29 is 28.6 Å². The third-order valence-electron chi connectivity index (χ3n) is 9.26. The Kier molecular flexibility index (Phi) is 10.4. The predicted molar refractivity (Wildman–Crippen MR) is 210 cm³/mol. The van der Waals surface area contributed by atoms with Crippen molar-refractivity contribution in [1.29, 1.82) is 0 Å². The van der Waals surface area contributed by atoms with Gasteiger partial charge >= 0.3 is 0 Å². The second-order valence-electron chi connectivity index (χ2n) is 13.5. The molecule has 0 aliphatic rings. The summed E-state index contributed by atoms with van der Waals surface area (Å²) in [7, 11) is 0. The van der Waals surface area contributed by atoms with E-state index in [9.17, 15) is 0 Å². The van der Waals surface area contributed by atoms with Crippen LogP contribution >= 0.6 is 0 Å². The molecule has 0 saturated heterocycles. The fourth-order valence-corrected chi connectivity index (χ4v) is 6.71. The van der Waals surface area contributed by atoms with E-state index in [4.69, 9.17) is 13.5 Å². The molecule has 5 heteroatoms. The molecular weight excluding hydrogens is 815 g/mol. The van der Waals surface area contributed by atoms with Gasteiger partial charge in [-0.1, -0.05) is 135 Å². The Morgan fingerprint density at radius 2 is 1.52 bits per heavy atom. The van der Waals surface area contributed by atoms with Gasteiger partial charge in [0.1, 0.15) is 0 Å². The van der Waals surface area contributed by atoms with Crippen LogP contribution in [0, 0.1) is 19.2 Å². The fraction of sp³-hybridized carbons (Fsp3) is 0.191. The normalized spacial score (nSPS) is 12.2. The van der Waals surface area contributed by atoms with Crippen LogP contribution in [0.4, 0.5) is 0 Å². The molecule has 0 amide bonds. The Morgan fingerprint density at radius 3 is 2.21 bits per heavy atom. The van der Waals surface area contributed by atoms with Crippen LogP contribution in [0.2, 0.25) is 0 Å². The summed E-state index contributed by atoms with van der Waals surface area (Å²) < 4.78 is 30.0. The number of para-hydroxylation sites is 2. The van der Waals surface area contributed by atoms with Crippen LogP contribution in [-0.2, 0) is 33.1 Å². The van der Waals surface area contributed by atoms with Crippen molar-refractivity contribution in [3.63, 3.8) is 0 Å². The van der Waals surface area contributed by atoms with Crippen molar-refractivity contribution in [2.75, 3.05) is 0 Å². The van der Waals surface area contributed by atoms with E-state index >= 15 is 0 Å². The van der Waals surface area contributed by atoms with Crippen LogP contribution in [0.15, 0.2) is 138 Å². The minimum atomic E-state index is -2.09. The van der Waals surface area contributed by atoms with Gasteiger partial charge < -0.3 is 14.0 Å². The maximum atomic E-state index is 7.23. The van der Waals surface area contributed by atoms with Crippen LogP contribution in [0.3, 0.4) is 0 Å². The number of aryl methyl sites for hydroxylation is 1. The van der Waals surface area contributed by atoms with Crippen molar-refractivity contribution in [3.05, 3.63) is 179 Å². The first kappa shape index (κ1) is 32.8. The van der Waals surface area contributed by atoms with Gasteiger partial charge in [0.25, 0.3) is 0 Å². The van der Waals surface area contributed by atoms with E-state index < -0.39 is 6.85 Å². The molecule has 8 rings (SSSR count). The van der Waals surface area contributed by atoms with Gasteiger partial charge in [-0.15, -0.1) is 35.9 Å². The summed E-state index contributed by atoms with van der Waals surface area (Å²) in [5, 5.41) is 1.05. The molecule has 0 saturated carbocycles. The number of fused-ring (bicyclic) bond motifs is 2. The van der Waals surface area contributed by atoms with Crippen molar-refractivity contribution in [1.82, 2.24) is 14.5 Å². The summed E-state index contributed by atoms with van der Waals surface area (Å²) in [6.45, 7) is 7.78. The van der Waals surface area contributed by atoms with E-state index in [1.54, 1.807) is 18.2 Å². The van der Waals surface area contributed by atoms with Crippen LogP contribution < -0.4 is 0 Å². The van der Waals surface area contributed by atoms with E-state index in [0.29, 0.717) is 11.8 Å². The SMILES string of the molecule is CC(C)c1cccc(C(C)C)c1Cn1c(-c2[c-]oc3ccc(Cc4ccccc4)cc23)nc2ccccc21.[2H]C([2H])([2H])c1ccc(-c2[c-]cccc2)nc1.[Ir]. The molecule has 0 N–H and O–H groups in total. The zero-order valence-corrected chi connectivity index (χ0v) is 32.2. The second kappa shape index (κ2) is 16.5. The molecule has 0 spiro atoms. The summed E-state index contributed by atoms with van der Waals surface area (Å²) in [6.07, 6.45) is 5.49. The van der Waals surface area contributed by atoms with Crippen molar-refractivity contribution in [2.24, 2.45) is 0 Å². The van der Waals surface area contributed by atoms with Gasteiger partial charge in [-0.25, -0.2) is 0 Å². The summed E-state index contributed by atoms with van der Waals surface area (Å²) in [6, 6.07) is 46.0. The number of benzene rings is 5. The minimum Gasteiger partial charge on any atom is -0.557 e. The molecule has 3 heterocycles. The maximum Gasteiger partial charge on any atom is 0.0770 e. The number of hydrogen-bond acceptors (Lipinski definition) is 3. The summed E-state index contributed by atoms with van der Waals surface area (Å²) in [5.74, 6) is 1.77. The minimum absolute atomic E-state index is 0. The number of hydrogen-bond donors (Lipinski definition) is 0. The molecular formula is C47H43IrN3O-2. The Labute approximate surface area is 325 Å².